The lowest BCUT2D eigenvalue weighted by atomic mass is 10.2. The molecule has 5 heteroatoms. The number of aryl methyl sites for hydroxylation is 1. The number of anilines is 2. The number of rotatable bonds is 7. The second-order valence-electron chi connectivity index (χ2n) is 4.29. The third kappa shape index (κ3) is 5.26. The van der Waals surface area contributed by atoms with Crippen LogP contribution in [-0.2, 0) is 6.42 Å². The Bertz CT molecular complexity index is 343. The van der Waals surface area contributed by atoms with E-state index in [1.165, 1.54) is 0 Å². The molecule has 96 valence electrons. The number of hydrogen-bond acceptors (Lipinski definition) is 5. The van der Waals surface area contributed by atoms with Crippen molar-refractivity contribution >= 4 is 23.4 Å². The van der Waals surface area contributed by atoms with Crippen LogP contribution in [0.3, 0.4) is 0 Å². The summed E-state index contributed by atoms with van der Waals surface area (Å²) in [7, 11) is 0. The Morgan fingerprint density at radius 3 is 2.88 bits per heavy atom. The highest BCUT2D eigenvalue weighted by Gasteiger charge is 2.04. The van der Waals surface area contributed by atoms with Crippen LogP contribution >= 0.6 is 11.8 Å². The van der Waals surface area contributed by atoms with Crippen molar-refractivity contribution in [3.05, 3.63) is 11.9 Å². The van der Waals surface area contributed by atoms with Gasteiger partial charge in [0.1, 0.15) is 17.5 Å². The van der Waals surface area contributed by atoms with Gasteiger partial charge < -0.3 is 11.1 Å². The molecule has 0 bridgehead atoms. The maximum atomic E-state index is 5.76. The van der Waals surface area contributed by atoms with Crippen LogP contribution in [0.2, 0.25) is 0 Å². The number of hydrogen-bond donors (Lipinski definition) is 2. The highest BCUT2D eigenvalue weighted by atomic mass is 32.2. The van der Waals surface area contributed by atoms with Crippen molar-refractivity contribution in [2.24, 2.45) is 5.92 Å². The normalized spacial score (nSPS) is 12.4. The van der Waals surface area contributed by atoms with Gasteiger partial charge in [0.25, 0.3) is 0 Å². The van der Waals surface area contributed by atoms with Crippen molar-refractivity contribution in [1.29, 1.82) is 0 Å². The summed E-state index contributed by atoms with van der Waals surface area (Å²) < 4.78 is 0. The largest absolute Gasteiger partial charge is 0.384 e. The van der Waals surface area contributed by atoms with Gasteiger partial charge in [-0.1, -0.05) is 13.8 Å². The average Bonchev–Trinajstić information content (AvgIpc) is 2.26. The van der Waals surface area contributed by atoms with Gasteiger partial charge in [-0.15, -0.1) is 0 Å². The summed E-state index contributed by atoms with van der Waals surface area (Å²) in [5, 5.41) is 3.32. The van der Waals surface area contributed by atoms with Crippen LogP contribution in [0.4, 0.5) is 11.6 Å². The Hall–Kier alpha value is -0.970. The molecule has 0 aromatic carbocycles. The Labute approximate surface area is 108 Å². The molecule has 3 N–H and O–H groups in total. The number of nitrogens with two attached hydrogens (primary N) is 1. The number of aromatic nitrogens is 2. The number of thioether (sulfide) groups is 1. The zero-order chi connectivity index (χ0) is 12.7. The number of nitrogens with zero attached hydrogens (tertiary/aromatic N) is 2. The first-order chi connectivity index (χ1) is 8.15. The van der Waals surface area contributed by atoms with Crippen LogP contribution in [0.15, 0.2) is 6.07 Å². The van der Waals surface area contributed by atoms with Crippen molar-refractivity contribution in [2.45, 2.75) is 26.7 Å². The summed E-state index contributed by atoms with van der Waals surface area (Å²) in [6.45, 7) is 5.25. The molecule has 17 heavy (non-hydrogen) atoms. The van der Waals surface area contributed by atoms with Gasteiger partial charge in [-0.25, -0.2) is 9.97 Å². The molecule has 1 heterocycles. The summed E-state index contributed by atoms with van der Waals surface area (Å²) in [4.78, 5) is 8.66. The Morgan fingerprint density at radius 1 is 1.47 bits per heavy atom. The maximum Gasteiger partial charge on any atom is 0.133 e. The van der Waals surface area contributed by atoms with Crippen molar-refractivity contribution in [3.63, 3.8) is 0 Å². The van der Waals surface area contributed by atoms with Gasteiger partial charge in [0.15, 0.2) is 0 Å². The van der Waals surface area contributed by atoms with Gasteiger partial charge in [0.2, 0.25) is 0 Å². The standard InChI is InChI=1S/C12H22N4S/c1-4-5-11-15-10(13)6-12(16-11)14-7-9(2)8-17-3/h6,9H,4-5,7-8H2,1-3H3,(H3,13,14,15,16). The number of nitrogen functional groups attached to an aromatic ring is 1. The van der Waals surface area contributed by atoms with Crippen molar-refractivity contribution < 1.29 is 0 Å². The van der Waals surface area contributed by atoms with E-state index >= 15 is 0 Å². The summed E-state index contributed by atoms with van der Waals surface area (Å²) in [5.41, 5.74) is 5.76. The molecule has 1 atom stereocenters. The van der Waals surface area contributed by atoms with Gasteiger partial charge in [-0.3, -0.25) is 0 Å². The molecule has 0 saturated carbocycles. The first-order valence-corrected chi connectivity index (χ1v) is 7.41. The molecule has 0 radical (unpaired) electrons. The minimum Gasteiger partial charge on any atom is -0.384 e. The maximum absolute atomic E-state index is 5.76. The molecule has 0 fully saturated rings. The monoisotopic (exact) mass is 254 g/mol. The molecule has 0 saturated heterocycles. The first kappa shape index (κ1) is 14.1. The molecular weight excluding hydrogens is 232 g/mol. The topological polar surface area (TPSA) is 63.8 Å². The molecule has 0 aliphatic carbocycles. The highest BCUT2D eigenvalue weighted by molar-refractivity contribution is 7.98. The zero-order valence-electron chi connectivity index (χ0n) is 10.9. The fourth-order valence-electron chi connectivity index (χ4n) is 1.57. The molecule has 4 nitrogen and oxygen atoms in total. The van der Waals surface area contributed by atoms with E-state index in [1.54, 1.807) is 6.07 Å². The van der Waals surface area contributed by atoms with E-state index < -0.39 is 0 Å². The smallest absolute Gasteiger partial charge is 0.133 e. The van der Waals surface area contributed by atoms with Gasteiger partial charge in [-0.05, 0) is 24.3 Å². The van der Waals surface area contributed by atoms with E-state index in [9.17, 15) is 0 Å². The van der Waals surface area contributed by atoms with Gasteiger partial charge >= 0.3 is 0 Å². The predicted octanol–water partition coefficient (Wildman–Crippen LogP) is 2.42. The van der Waals surface area contributed by atoms with Crippen molar-refractivity contribution in [3.8, 4) is 0 Å². The quantitative estimate of drug-likeness (QED) is 0.782. The average molecular weight is 254 g/mol. The van der Waals surface area contributed by atoms with E-state index in [-0.39, 0.29) is 0 Å². The Balaban J connectivity index is 2.57. The summed E-state index contributed by atoms with van der Waals surface area (Å²) in [6.07, 6.45) is 4.03. The lowest BCUT2D eigenvalue weighted by molar-refractivity contribution is 0.698. The lowest BCUT2D eigenvalue weighted by Gasteiger charge is -2.12. The van der Waals surface area contributed by atoms with E-state index in [0.717, 1.165) is 36.8 Å². The third-order valence-electron chi connectivity index (χ3n) is 2.35. The van der Waals surface area contributed by atoms with E-state index in [0.29, 0.717) is 11.7 Å². The fraction of sp³-hybridized carbons (Fsp3) is 0.667. The molecule has 0 amide bonds. The second-order valence-corrected chi connectivity index (χ2v) is 5.20. The summed E-state index contributed by atoms with van der Waals surface area (Å²) in [6, 6.07) is 1.80. The second kappa shape index (κ2) is 7.37. The summed E-state index contributed by atoms with van der Waals surface area (Å²) >= 11 is 1.86. The van der Waals surface area contributed by atoms with Crippen molar-refractivity contribution in [2.75, 3.05) is 29.6 Å². The molecule has 1 unspecified atom stereocenters. The Kier molecular flexibility index (Phi) is 6.11. The van der Waals surface area contributed by atoms with Crippen LogP contribution in [0.5, 0.6) is 0 Å². The van der Waals surface area contributed by atoms with Gasteiger partial charge in [0.05, 0.1) is 0 Å². The molecule has 1 rings (SSSR count). The van der Waals surface area contributed by atoms with Crippen LogP contribution in [0.1, 0.15) is 26.1 Å². The minimum absolute atomic E-state index is 0.545. The lowest BCUT2D eigenvalue weighted by Crippen LogP contribution is -2.15. The summed E-state index contributed by atoms with van der Waals surface area (Å²) in [5.74, 6) is 3.98. The van der Waals surface area contributed by atoms with Crippen LogP contribution in [0, 0.1) is 5.92 Å². The van der Waals surface area contributed by atoms with Crippen LogP contribution < -0.4 is 11.1 Å². The van der Waals surface area contributed by atoms with E-state index in [4.69, 9.17) is 5.73 Å². The molecule has 0 aliphatic heterocycles. The predicted molar refractivity (Wildman–Crippen MR) is 76.5 cm³/mol. The zero-order valence-corrected chi connectivity index (χ0v) is 11.7. The molecule has 0 aliphatic rings. The highest BCUT2D eigenvalue weighted by Crippen LogP contribution is 2.11. The van der Waals surface area contributed by atoms with Gasteiger partial charge in [0, 0.05) is 19.0 Å². The first-order valence-electron chi connectivity index (χ1n) is 6.02. The molecule has 0 spiro atoms. The van der Waals surface area contributed by atoms with E-state index in [1.807, 2.05) is 11.8 Å². The van der Waals surface area contributed by atoms with Crippen LogP contribution in [0.25, 0.3) is 0 Å². The van der Waals surface area contributed by atoms with Crippen molar-refractivity contribution in [1.82, 2.24) is 9.97 Å². The fourth-order valence-corrected chi connectivity index (χ4v) is 2.25. The number of nitrogens with one attached hydrogen (secondary N) is 1. The third-order valence-corrected chi connectivity index (χ3v) is 3.25. The SMILES string of the molecule is CCCc1nc(N)cc(NCC(C)CSC)n1. The van der Waals surface area contributed by atoms with E-state index in [2.05, 4.69) is 35.4 Å². The molecular formula is C12H22N4S. The Morgan fingerprint density at radius 2 is 2.24 bits per heavy atom. The minimum atomic E-state index is 0.545. The molecule has 1 aromatic rings. The molecule has 1 aromatic heterocycles. The van der Waals surface area contributed by atoms with Gasteiger partial charge in [-0.2, -0.15) is 11.8 Å². The van der Waals surface area contributed by atoms with Crippen LogP contribution in [-0.4, -0.2) is 28.5 Å².